The lowest BCUT2D eigenvalue weighted by molar-refractivity contribution is 0.670. The topological polar surface area (TPSA) is 13.1 Å². The van der Waals surface area contributed by atoms with Gasteiger partial charge in [0.05, 0.1) is 5.02 Å². The van der Waals surface area contributed by atoms with Gasteiger partial charge in [-0.25, -0.2) is 0 Å². The maximum Gasteiger partial charge on any atom is 0.144 e. The summed E-state index contributed by atoms with van der Waals surface area (Å²) >= 11 is 6.41. The summed E-state index contributed by atoms with van der Waals surface area (Å²) in [7, 11) is 0. The minimum absolute atomic E-state index is 0.711. The quantitative estimate of drug-likeness (QED) is 0.422. The molecule has 4 rings (SSSR count). The number of furan rings is 1. The molecular formula is C18H11ClO. The molecule has 0 atom stereocenters. The van der Waals surface area contributed by atoms with E-state index in [4.69, 9.17) is 16.0 Å². The fourth-order valence-corrected chi connectivity index (χ4v) is 2.90. The standard InChI is InChI=1S/C18H11ClO/c19-15-11-10-14-13-8-4-5-9-16(13)20-18(14)17(15)12-6-2-1-3-7-12/h1-11H. The maximum absolute atomic E-state index is 6.41. The smallest absolute Gasteiger partial charge is 0.144 e. The van der Waals surface area contributed by atoms with Crippen LogP contribution >= 0.6 is 11.6 Å². The van der Waals surface area contributed by atoms with Gasteiger partial charge in [0.2, 0.25) is 0 Å². The molecule has 0 aliphatic rings. The normalized spacial score (nSPS) is 11.2. The van der Waals surface area contributed by atoms with Gasteiger partial charge in [-0.05, 0) is 23.8 Å². The summed E-state index contributed by atoms with van der Waals surface area (Å²) < 4.78 is 6.03. The summed E-state index contributed by atoms with van der Waals surface area (Å²) in [6.07, 6.45) is 0. The van der Waals surface area contributed by atoms with Crippen LogP contribution in [0, 0.1) is 0 Å². The first-order valence-electron chi connectivity index (χ1n) is 6.50. The second-order valence-corrected chi connectivity index (χ2v) is 5.17. The Morgan fingerprint density at radius 2 is 1.45 bits per heavy atom. The summed E-state index contributed by atoms with van der Waals surface area (Å²) in [5, 5.41) is 2.93. The minimum Gasteiger partial charge on any atom is -0.455 e. The molecule has 0 fully saturated rings. The minimum atomic E-state index is 0.711. The van der Waals surface area contributed by atoms with Gasteiger partial charge in [0, 0.05) is 16.3 Å². The van der Waals surface area contributed by atoms with Gasteiger partial charge in [0.15, 0.2) is 0 Å². The molecule has 0 aliphatic heterocycles. The van der Waals surface area contributed by atoms with E-state index in [9.17, 15) is 0 Å². The molecule has 20 heavy (non-hydrogen) atoms. The van der Waals surface area contributed by atoms with E-state index in [2.05, 4.69) is 6.07 Å². The Morgan fingerprint density at radius 3 is 2.30 bits per heavy atom. The molecule has 0 aliphatic carbocycles. The molecule has 96 valence electrons. The first kappa shape index (κ1) is 11.6. The van der Waals surface area contributed by atoms with Crippen molar-refractivity contribution in [3.8, 4) is 11.1 Å². The number of benzene rings is 3. The first-order valence-corrected chi connectivity index (χ1v) is 6.87. The summed E-state index contributed by atoms with van der Waals surface area (Å²) in [6.45, 7) is 0. The molecule has 1 heterocycles. The van der Waals surface area contributed by atoms with Gasteiger partial charge in [-0.2, -0.15) is 0 Å². The Morgan fingerprint density at radius 1 is 0.700 bits per heavy atom. The van der Waals surface area contributed by atoms with E-state index in [1.54, 1.807) is 0 Å². The van der Waals surface area contributed by atoms with Gasteiger partial charge in [0.25, 0.3) is 0 Å². The van der Waals surface area contributed by atoms with Crippen LogP contribution in [-0.4, -0.2) is 0 Å². The molecule has 0 saturated heterocycles. The van der Waals surface area contributed by atoms with E-state index in [0.29, 0.717) is 5.02 Å². The van der Waals surface area contributed by atoms with Crippen molar-refractivity contribution in [1.29, 1.82) is 0 Å². The van der Waals surface area contributed by atoms with Gasteiger partial charge in [-0.15, -0.1) is 0 Å². The zero-order valence-corrected chi connectivity index (χ0v) is 11.4. The molecule has 0 unspecified atom stereocenters. The van der Waals surface area contributed by atoms with Gasteiger partial charge in [0.1, 0.15) is 11.2 Å². The SMILES string of the molecule is Clc1ccc2c(oc3ccccc32)c1-c1ccccc1. The van der Waals surface area contributed by atoms with Crippen LogP contribution in [0.5, 0.6) is 0 Å². The Balaban J connectivity index is 2.17. The summed E-state index contributed by atoms with van der Waals surface area (Å²) in [4.78, 5) is 0. The molecule has 0 bridgehead atoms. The molecule has 1 nitrogen and oxygen atoms in total. The lowest BCUT2D eigenvalue weighted by atomic mass is 10.0. The van der Waals surface area contributed by atoms with Crippen LogP contribution in [0.4, 0.5) is 0 Å². The van der Waals surface area contributed by atoms with Crippen LogP contribution < -0.4 is 0 Å². The van der Waals surface area contributed by atoms with E-state index >= 15 is 0 Å². The third kappa shape index (κ3) is 1.64. The van der Waals surface area contributed by atoms with Gasteiger partial charge < -0.3 is 4.42 Å². The highest BCUT2D eigenvalue weighted by Gasteiger charge is 2.14. The molecule has 2 heteroatoms. The highest BCUT2D eigenvalue weighted by Crippen LogP contribution is 2.39. The average molecular weight is 279 g/mol. The van der Waals surface area contributed by atoms with Crippen LogP contribution in [-0.2, 0) is 0 Å². The molecule has 4 aromatic rings. The number of hydrogen-bond acceptors (Lipinski definition) is 1. The monoisotopic (exact) mass is 278 g/mol. The fourth-order valence-electron chi connectivity index (χ4n) is 2.64. The second kappa shape index (κ2) is 4.39. The molecule has 0 saturated carbocycles. The third-order valence-corrected chi connectivity index (χ3v) is 3.87. The number of fused-ring (bicyclic) bond motifs is 3. The number of para-hydroxylation sites is 1. The predicted octanol–water partition coefficient (Wildman–Crippen LogP) is 5.91. The van der Waals surface area contributed by atoms with Crippen molar-refractivity contribution < 1.29 is 4.42 Å². The molecule has 0 radical (unpaired) electrons. The maximum atomic E-state index is 6.41. The van der Waals surface area contributed by atoms with E-state index in [1.807, 2.05) is 60.7 Å². The third-order valence-electron chi connectivity index (χ3n) is 3.56. The van der Waals surface area contributed by atoms with E-state index in [1.165, 1.54) is 0 Å². The van der Waals surface area contributed by atoms with Crippen molar-refractivity contribution in [1.82, 2.24) is 0 Å². The van der Waals surface area contributed by atoms with Crippen molar-refractivity contribution in [2.24, 2.45) is 0 Å². The lowest BCUT2D eigenvalue weighted by Gasteiger charge is -2.05. The molecule has 3 aromatic carbocycles. The molecule has 0 N–H and O–H groups in total. The molecule has 0 amide bonds. The molecule has 0 spiro atoms. The Bertz CT molecular complexity index is 907. The Hall–Kier alpha value is -2.25. The highest BCUT2D eigenvalue weighted by molar-refractivity contribution is 6.35. The number of hydrogen-bond donors (Lipinski definition) is 0. The van der Waals surface area contributed by atoms with Gasteiger partial charge in [-0.3, -0.25) is 0 Å². The predicted molar refractivity (Wildman–Crippen MR) is 84.2 cm³/mol. The first-order chi connectivity index (χ1) is 9.84. The summed E-state index contributed by atoms with van der Waals surface area (Å²) in [5.74, 6) is 0. The number of halogens is 1. The van der Waals surface area contributed by atoms with Crippen LogP contribution in [0.15, 0.2) is 71.1 Å². The molecule has 1 aromatic heterocycles. The van der Waals surface area contributed by atoms with Gasteiger partial charge >= 0.3 is 0 Å². The van der Waals surface area contributed by atoms with Crippen molar-refractivity contribution in [2.45, 2.75) is 0 Å². The van der Waals surface area contributed by atoms with Crippen molar-refractivity contribution in [3.05, 3.63) is 71.8 Å². The van der Waals surface area contributed by atoms with Crippen molar-refractivity contribution in [3.63, 3.8) is 0 Å². The largest absolute Gasteiger partial charge is 0.455 e. The van der Waals surface area contributed by atoms with E-state index < -0.39 is 0 Å². The summed E-state index contributed by atoms with van der Waals surface area (Å²) in [6, 6.07) is 22.1. The van der Waals surface area contributed by atoms with Crippen LogP contribution in [0.1, 0.15) is 0 Å². The Labute approximate surface area is 121 Å². The molecular weight excluding hydrogens is 268 g/mol. The van der Waals surface area contributed by atoms with E-state index in [-0.39, 0.29) is 0 Å². The Kier molecular flexibility index (Phi) is 2.54. The lowest BCUT2D eigenvalue weighted by Crippen LogP contribution is -1.80. The zero-order chi connectivity index (χ0) is 13.5. The van der Waals surface area contributed by atoms with Crippen LogP contribution in [0.2, 0.25) is 5.02 Å². The van der Waals surface area contributed by atoms with Crippen LogP contribution in [0.3, 0.4) is 0 Å². The fraction of sp³-hybridized carbons (Fsp3) is 0. The van der Waals surface area contributed by atoms with Crippen LogP contribution in [0.25, 0.3) is 33.1 Å². The number of rotatable bonds is 1. The summed E-state index contributed by atoms with van der Waals surface area (Å²) in [5.41, 5.74) is 3.77. The second-order valence-electron chi connectivity index (χ2n) is 4.76. The van der Waals surface area contributed by atoms with E-state index in [0.717, 1.165) is 33.1 Å². The van der Waals surface area contributed by atoms with Crippen molar-refractivity contribution in [2.75, 3.05) is 0 Å². The highest BCUT2D eigenvalue weighted by atomic mass is 35.5. The average Bonchev–Trinajstić information content (AvgIpc) is 2.86. The van der Waals surface area contributed by atoms with Crippen molar-refractivity contribution >= 4 is 33.5 Å². The van der Waals surface area contributed by atoms with Gasteiger partial charge in [-0.1, -0.05) is 60.1 Å². The zero-order valence-electron chi connectivity index (χ0n) is 10.6.